The minimum Gasteiger partial charge on any atom is -0.394 e. The van der Waals surface area contributed by atoms with E-state index in [9.17, 15) is 35.0 Å². The van der Waals surface area contributed by atoms with Gasteiger partial charge in [-0.05, 0) is 0 Å². The van der Waals surface area contributed by atoms with Crippen molar-refractivity contribution in [3.63, 3.8) is 0 Å². The molecule has 12 heteroatoms. The van der Waals surface area contributed by atoms with Crippen LogP contribution in [0.15, 0.2) is 0 Å². The Hall–Kier alpha value is -0.170. The lowest BCUT2D eigenvalue weighted by Gasteiger charge is -2.41. The molecule has 0 saturated heterocycles. The molecule has 0 aliphatic heterocycles. The second-order valence-electron chi connectivity index (χ2n) is 4.62. The van der Waals surface area contributed by atoms with Gasteiger partial charge in [0.25, 0.3) is 0 Å². The maximum atomic E-state index is 11.6. The Morgan fingerprint density at radius 2 is 1.38 bits per heavy atom. The number of rotatable bonds is 6. The highest BCUT2D eigenvalue weighted by Gasteiger charge is 2.51. The topological polar surface area (TPSA) is 197 Å². The quantitative estimate of drug-likeness (QED) is 0.218. The van der Waals surface area contributed by atoms with Gasteiger partial charge in [0.15, 0.2) is 0 Å². The predicted octanol–water partition coefficient (Wildman–Crippen LogP) is -4.34. The molecule has 11 nitrogen and oxygen atoms in total. The third-order valence-corrected chi connectivity index (χ3v) is 3.95. The van der Waals surface area contributed by atoms with Crippen LogP contribution in [-0.2, 0) is 13.6 Å². The second kappa shape index (κ2) is 7.40. The fraction of sp³-hybridized carbons (Fsp3) is 1.00. The summed E-state index contributed by atoms with van der Waals surface area (Å²) in [6.07, 6.45) is -13.0. The van der Waals surface area contributed by atoms with Gasteiger partial charge >= 0.3 is 7.82 Å². The summed E-state index contributed by atoms with van der Waals surface area (Å²) in [6.45, 7) is -1.50. The molecular weight excluding hydrogens is 315 g/mol. The van der Waals surface area contributed by atoms with Crippen LogP contribution in [0.25, 0.3) is 0 Å². The standard InChI is InChI=1S/C9H19O11P/c10-1-3(11)2-19-21(17,18)20-9-7(15)5(13)4(12)6(14)8(9)16/h3-16H,1-2H2,(H,17,18)/t3-,4-,5-,6+,7-,8-,9-/m0/s1. The molecule has 0 aromatic rings. The summed E-state index contributed by atoms with van der Waals surface area (Å²) in [6, 6.07) is 0. The van der Waals surface area contributed by atoms with E-state index in [1.54, 1.807) is 0 Å². The Balaban J connectivity index is 2.72. The molecule has 8 N–H and O–H groups in total. The van der Waals surface area contributed by atoms with Gasteiger partial charge in [0.1, 0.15) is 42.7 Å². The zero-order valence-electron chi connectivity index (χ0n) is 10.7. The van der Waals surface area contributed by atoms with E-state index in [0.29, 0.717) is 0 Å². The summed E-state index contributed by atoms with van der Waals surface area (Å²) >= 11 is 0. The van der Waals surface area contributed by atoms with Gasteiger partial charge in [0.05, 0.1) is 13.2 Å². The number of aliphatic hydroxyl groups is 7. The van der Waals surface area contributed by atoms with E-state index >= 15 is 0 Å². The molecule has 0 spiro atoms. The third kappa shape index (κ3) is 4.65. The lowest BCUT2D eigenvalue weighted by molar-refractivity contribution is -0.220. The highest BCUT2D eigenvalue weighted by atomic mass is 31.2. The van der Waals surface area contributed by atoms with Gasteiger partial charge in [-0.25, -0.2) is 4.57 Å². The van der Waals surface area contributed by atoms with E-state index in [0.717, 1.165) is 0 Å². The van der Waals surface area contributed by atoms with E-state index < -0.39 is 63.8 Å². The fourth-order valence-electron chi connectivity index (χ4n) is 1.74. The largest absolute Gasteiger partial charge is 0.472 e. The monoisotopic (exact) mass is 334 g/mol. The molecule has 1 aliphatic rings. The Kier molecular flexibility index (Phi) is 6.65. The maximum absolute atomic E-state index is 11.6. The first-order valence-electron chi connectivity index (χ1n) is 5.95. The van der Waals surface area contributed by atoms with Crippen molar-refractivity contribution in [1.82, 2.24) is 0 Å². The Bertz CT molecular complexity index is 363. The normalized spacial score (nSPS) is 41.5. The van der Waals surface area contributed by atoms with Gasteiger partial charge < -0.3 is 40.6 Å². The Morgan fingerprint density at radius 3 is 1.81 bits per heavy atom. The van der Waals surface area contributed by atoms with E-state index in [2.05, 4.69) is 9.05 Å². The summed E-state index contributed by atoms with van der Waals surface area (Å²) in [5.41, 5.74) is 0. The zero-order chi connectivity index (χ0) is 16.4. The van der Waals surface area contributed by atoms with E-state index in [1.165, 1.54) is 0 Å². The summed E-state index contributed by atoms with van der Waals surface area (Å²) in [5.74, 6) is 0. The third-order valence-electron chi connectivity index (χ3n) is 2.97. The summed E-state index contributed by atoms with van der Waals surface area (Å²) in [7, 11) is -4.87. The molecule has 1 rings (SSSR count). The van der Waals surface area contributed by atoms with E-state index in [-0.39, 0.29) is 0 Å². The van der Waals surface area contributed by atoms with Crippen molar-refractivity contribution >= 4 is 7.82 Å². The van der Waals surface area contributed by atoms with Crippen LogP contribution in [0.4, 0.5) is 0 Å². The Labute approximate surface area is 119 Å². The first-order chi connectivity index (χ1) is 9.60. The van der Waals surface area contributed by atoms with Crippen LogP contribution in [0.5, 0.6) is 0 Å². The number of hydrogen-bond acceptors (Lipinski definition) is 10. The average molecular weight is 334 g/mol. The molecule has 21 heavy (non-hydrogen) atoms. The number of phosphoric ester groups is 1. The molecule has 0 amide bonds. The van der Waals surface area contributed by atoms with E-state index in [4.69, 9.17) is 10.2 Å². The van der Waals surface area contributed by atoms with Crippen molar-refractivity contribution in [2.24, 2.45) is 0 Å². The van der Waals surface area contributed by atoms with E-state index in [1.807, 2.05) is 0 Å². The zero-order valence-corrected chi connectivity index (χ0v) is 11.6. The molecule has 126 valence electrons. The lowest BCUT2D eigenvalue weighted by Crippen LogP contribution is -2.64. The SMILES string of the molecule is O=P(O)(OC[C@@H](O)CO)O[C@@H]1[C@@H](O)[C@H](O)[C@@H](O)[C@H](O)[C@@H]1O. The predicted molar refractivity (Wildman–Crippen MR) is 63.8 cm³/mol. The highest BCUT2D eigenvalue weighted by Crippen LogP contribution is 2.46. The molecule has 0 radical (unpaired) electrons. The average Bonchev–Trinajstić information content (AvgIpc) is 2.45. The molecule has 1 saturated carbocycles. The van der Waals surface area contributed by atoms with Crippen LogP contribution >= 0.6 is 7.82 Å². The van der Waals surface area contributed by atoms with Crippen LogP contribution in [0.3, 0.4) is 0 Å². The number of hydrogen-bond donors (Lipinski definition) is 8. The van der Waals surface area contributed by atoms with Crippen molar-refractivity contribution in [3.8, 4) is 0 Å². The van der Waals surface area contributed by atoms with Gasteiger partial charge in [0.2, 0.25) is 0 Å². The maximum Gasteiger partial charge on any atom is 0.472 e. The minimum atomic E-state index is -4.87. The molecule has 0 bridgehead atoms. The van der Waals surface area contributed by atoms with Gasteiger partial charge in [-0.3, -0.25) is 9.05 Å². The highest BCUT2D eigenvalue weighted by molar-refractivity contribution is 7.47. The van der Waals surface area contributed by atoms with Crippen LogP contribution in [-0.4, -0.2) is 96.6 Å². The Morgan fingerprint density at radius 1 is 0.952 bits per heavy atom. The summed E-state index contributed by atoms with van der Waals surface area (Å²) < 4.78 is 20.3. The molecule has 1 fully saturated rings. The van der Waals surface area contributed by atoms with Crippen LogP contribution in [0, 0.1) is 0 Å². The first-order valence-corrected chi connectivity index (χ1v) is 7.45. The number of aliphatic hydroxyl groups excluding tert-OH is 7. The molecular formula is C9H19O11P. The van der Waals surface area contributed by atoms with Gasteiger partial charge in [-0.2, -0.15) is 0 Å². The van der Waals surface area contributed by atoms with Crippen molar-refractivity contribution in [3.05, 3.63) is 0 Å². The van der Waals surface area contributed by atoms with Gasteiger partial charge in [-0.15, -0.1) is 0 Å². The molecule has 0 aromatic carbocycles. The van der Waals surface area contributed by atoms with Crippen molar-refractivity contribution in [2.45, 2.75) is 42.7 Å². The minimum absolute atomic E-state index is 0.738. The van der Waals surface area contributed by atoms with Crippen LogP contribution in [0.2, 0.25) is 0 Å². The van der Waals surface area contributed by atoms with Gasteiger partial charge in [-0.1, -0.05) is 0 Å². The second-order valence-corrected chi connectivity index (χ2v) is 6.03. The van der Waals surface area contributed by atoms with Crippen molar-refractivity contribution in [2.75, 3.05) is 13.2 Å². The summed E-state index contributed by atoms with van der Waals surface area (Å²) in [4.78, 5) is 9.36. The van der Waals surface area contributed by atoms with Crippen molar-refractivity contribution in [1.29, 1.82) is 0 Å². The molecule has 0 heterocycles. The van der Waals surface area contributed by atoms with Crippen molar-refractivity contribution < 1.29 is 54.3 Å². The van der Waals surface area contributed by atoms with Crippen LogP contribution < -0.4 is 0 Å². The lowest BCUT2D eigenvalue weighted by atomic mass is 9.85. The molecule has 1 aliphatic carbocycles. The molecule has 8 atom stereocenters. The molecule has 1 unspecified atom stereocenters. The van der Waals surface area contributed by atoms with Crippen LogP contribution in [0.1, 0.15) is 0 Å². The first kappa shape index (κ1) is 18.9. The summed E-state index contributed by atoms with van der Waals surface area (Å²) in [5, 5.41) is 64.8. The van der Waals surface area contributed by atoms with Gasteiger partial charge in [0, 0.05) is 0 Å². The number of phosphoric acid groups is 1. The molecule has 0 aromatic heterocycles. The smallest absolute Gasteiger partial charge is 0.394 e. The fourth-order valence-corrected chi connectivity index (χ4v) is 2.72.